The largest absolute Gasteiger partial charge is 0.352 e. The van der Waals surface area contributed by atoms with Crippen LogP contribution >= 0.6 is 0 Å². The fourth-order valence-corrected chi connectivity index (χ4v) is 2.63. The Morgan fingerprint density at radius 1 is 1.43 bits per heavy atom. The number of benzene rings is 1. The predicted octanol–water partition coefficient (Wildman–Crippen LogP) is 1.46. The molecule has 0 aliphatic carbocycles. The summed E-state index contributed by atoms with van der Waals surface area (Å²) in [7, 11) is -0.866. The molecule has 0 saturated heterocycles. The van der Waals surface area contributed by atoms with E-state index in [4.69, 9.17) is 0 Å². The van der Waals surface area contributed by atoms with E-state index in [2.05, 4.69) is 10.6 Å². The fraction of sp³-hybridized carbons (Fsp3) is 0.467. The minimum Gasteiger partial charge on any atom is -0.352 e. The third kappa shape index (κ3) is 4.14. The second kappa shape index (κ2) is 6.85. The third-order valence-corrected chi connectivity index (χ3v) is 5.03. The smallest absolute Gasteiger partial charge is 0.251 e. The maximum Gasteiger partial charge on any atom is 0.251 e. The van der Waals surface area contributed by atoms with Crippen LogP contribution < -0.4 is 10.6 Å². The predicted molar refractivity (Wildman–Crippen MR) is 83.9 cm³/mol. The van der Waals surface area contributed by atoms with Crippen LogP contribution in [-0.4, -0.2) is 34.1 Å². The van der Waals surface area contributed by atoms with Gasteiger partial charge in [0, 0.05) is 46.5 Å². The number of hydrogen-bond acceptors (Lipinski definition) is 3. The maximum atomic E-state index is 12.1. The van der Waals surface area contributed by atoms with E-state index >= 15 is 0 Å². The summed E-state index contributed by atoms with van der Waals surface area (Å²) in [5.41, 5.74) is 2.37. The average Bonchev–Trinajstić information content (AvgIpc) is 2.46. The molecule has 1 aromatic carbocycles. The van der Waals surface area contributed by atoms with E-state index in [9.17, 15) is 13.8 Å². The Bertz CT molecular complexity index is 586. The van der Waals surface area contributed by atoms with Gasteiger partial charge in [0.25, 0.3) is 5.91 Å². The van der Waals surface area contributed by atoms with Gasteiger partial charge in [-0.2, -0.15) is 0 Å². The zero-order valence-corrected chi connectivity index (χ0v) is 13.1. The lowest BCUT2D eigenvalue weighted by Crippen LogP contribution is -2.28. The van der Waals surface area contributed by atoms with Gasteiger partial charge in [0.15, 0.2) is 0 Å². The molecule has 0 fully saturated rings. The van der Waals surface area contributed by atoms with Crippen LogP contribution in [0.1, 0.15) is 35.7 Å². The normalized spacial score (nSPS) is 16.6. The molecule has 1 aromatic rings. The van der Waals surface area contributed by atoms with E-state index in [1.165, 1.54) is 0 Å². The summed E-state index contributed by atoms with van der Waals surface area (Å²) < 4.78 is 11.2. The molecule has 114 valence electrons. The van der Waals surface area contributed by atoms with Gasteiger partial charge < -0.3 is 10.6 Å². The standard InChI is InChI=1S/C15H20N2O3S/c1-10(21(2)20)7-8-16-15(19)12-3-5-13-11(9-12)4-6-14(18)17-13/h3,5,9-10H,4,6-8H2,1-2H3,(H,16,19)(H,17,18). The number of anilines is 1. The van der Waals surface area contributed by atoms with Gasteiger partial charge in [-0.1, -0.05) is 6.92 Å². The number of aryl methyl sites for hydroxylation is 1. The number of hydrogen-bond donors (Lipinski definition) is 2. The molecule has 6 heteroatoms. The molecule has 0 bridgehead atoms. The van der Waals surface area contributed by atoms with Crippen molar-refractivity contribution in [1.29, 1.82) is 0 Å². The highest BCUT2D eigenvalue weighted by atomic mass is 32.2. The number of amides is 2. The Kier molecular flexibility index (Phi) is 5.12. The molecule has 5 nitrogen and oxygen atoms in total. The second-order valence-electron chi connectivity index (χ2n) is 5.27. The molecule has 0 spiro atoms. The lowest BCUT2D eigenvalue weighted by Gasteiger charge is -2.17. The number of rotatable bonds is 5. The van der Waals surface area contributed by atoms with Crippen LogP contribution in [0.4, 0.5) is 5.69 Å². The molecular formula is C15H20N2O3S. The molecule has 2 unspecified atom stereocenters. The average molecular weight is 308 g/mol. The van der Waals surface area contributed by atoms with Crippen LogP contribution in [0.3, 0.4) is 0 Å². The molecule has 2 rings (SSSR count). The third-order valence-electron chi connectivity index (χ3n) is 3.67. The lowest BCUT2D eigenvalue weighted by atomic mass is 10.00. The van der Waals surface area contributed by atoms with Gasteiger partial charge in [-0.3, -0.25) is 13.8 Å². The minimum absolute atomic E-state index is 0.0151. The summed E-state index contributed by atoms with van der Waals surface area (Å²) in [5, 5.41) is 5.70. The summed E-state index contributed by atoms with van der Waals surface area (Å²) in [6.07, 6.45) is 3.48. The van der Waals surface area contributed by atoms with Crippen LogP contribution in [0.25, 0.3) is 0 Å². The molecule has 2 amide bonds. The SMILES string of the molecule is CC(CCNC(=O)c1ccc2c(c1)CCC(=O)N2)S(C)=O. The summed E-state index contributed by atoms with van der Waals surface area (Å²) in [6.45, 7) is 2.41. The van der Waals surface area contributed by atoms with Crippen LogP contribution in [0.2, 0.25) is 0 Å². The fourth-order valence-electron chi connectivity index (χ4n) is 2.18. The van der Waals surface area contributed by atoms with E-state index in [0.29, 0.717) is 31.4 Å². The Hall–Kier alpha value is -1.69. The first kappa shape index (κ1) is 15.7. The summed E-state index contributed by atoms with van der Waals surface area (Å²) in [4.78, 5) is 23.4. The van der Waals surface area contributed by atoms with Gasteiger partial charge in [-0.15, -0.1) is 0 Å². The maximum absolute atomic E-state index is 12.1. The molecule has 21 heavy (non-hydrogen) atoms. The zero-order chi connectivity index (χ0) is 15.4. The van der Waals surface area contributed by atoms with Crippen molar-refractivity contribution in [2.45, 2.75) is 31.4 Å². The van der Waals surface area contributed by atoms with E-state index in [1.807, 2.05) is 13.0 Å². The molecular weight excluding hydrogens is 288 g/mol. The highest BCUT2D eigenvalue weighted by molar-refractivity contribution is 7.84. The highest BCUT2D eigenvalue weighted by Crippen LogP contribution is 2.23. The number of carbonyl (C=O) groups is 2. The molecule has 0 aromatic heterocycles. The van der Waals surface area contributed by atoms with Gasteiger partial charge in [0.2, 0.25) is 5.91 Å². The van der Waals surface area contributed by atoms with Crippen molar-refractivity contribution < 1.29 is 13.8 Å². The van der Waals surface area contributed by atoms with E-state index in [0.717, 1.165) is 11.3 Å². The monoisotopic (exact) mass is 308 g/mol. The van der Waals surface area contributed by atoms with Crippen molar-refractivity contribution >= 4 is 28.3 Å². The van der Waals surface area contributed by atoms with Crippen molar-refractivity contribution in [3.05, 3.63) is 29.3 Å². The van der Waals surface area contributed by atoms with Gasteiger partial charge >= 0.3 is 0 Å². The van der Waals surface area contributed by atoms with Crippen LogP contribution in [0.5, 0.6) is 0 Å². The molecule has 0 saturated carbocycles. The van der Waals surface area contributed by atoms with Crippen molar-refractivity contribution in [3.8, 4) is 0 Å². The molecule has 1 heterocycles. The summed E-state index contributed by atoms with van der Waals surface area (Å²) >= 11 is 0. The van der Waals surface area contributed by atoms with Crippen molar-refractivity contribution in [2.75, 3.05) is 18.1 Å². The number of carbonyl (C=O) groups excluding carboxylic acids is 2. The van der Waals surface area contributed by atoms with Gasteiger partial charge in [-0.25, -0.2) is 0 Å². The molecule has 1 aliphatic rings. The van der Waals surface area contributed by atoms with Crippen LogP contribution in [-0.2, 0) is 22.0 Å². The lowest BCUT2D eigenvalue weighted by molar-refractivity contribution is -0.116. The Balaban J connectivity index is 1.94. The van der Waals surface area contributed by atoms with Gasteiger partial charge in [0.1, 0.15) is 0 Å². The van der Waals surface area contributed by atoms with Gasteiger partial charge in [0.05, 0.1) is 0 Å². The molecule has 0 radical (unpaired) electrons. The Morgan fingerprint density at radius 2 is 2.19 bits per heavy atom. The van der Waals surface area contributed by atoms with Crippen LogP contribution in [0, 0.1) is 0 Å². The summed E-state index contributed by atoms with van der Waals surface area (Å²) in [5.74, 6) is -0.120. The second-order valence-corrected chi connectivity index (χ2v) is 7.08. The van der Waals surface area contributed by atoms with E-state index < -0.39 is 10.8 Å². The van der Waals surface area contributed by atoms with Crippen molar-refractivity contribution in [2.24, 2.45) is 0 Å². The first-order valence-electron chi connectivity index (χ1n) is 7.00. The zero-order valence-electron chi connectivity index (χ0n) is 12.3. The van der Waals surface area contributed by atoms with Crippen LogP contribution in [0.15, 0.2) is 18.2 Å². The van der Waals surface area contributed by atoms with E-state index in [1.54, 1.807) is 18.4 Å². The summed E-state index contributed by atoms with van der Waals surface area (Å²) in [6, 6.07) is 5.30. The first-order chi connectivity index (χ1) is 9.97. The van der Waals surface area contributed by atoms with Crippen molar-refractivity contribution in [1.82, 2.24) is 5.32 Å². The van der Waals surface area contributed by atoms with Gasteiger partial charge in [-0.05, 0) is 36.6 Å². The first-order valence-corrected chi connectivity index (χ1v) is 8.62. The number of fused-ring (bicyclic) bond motifs is 1. The number of nitrogens with one attached hydrogen (secondary N) is 2. The topological polar surface area (TPSA) is 75.3 Å². The quantitative estimate of drug-likeness (QED) is 0.864. The molecule has 1 aliphatic heterocycles. The van der Waals surface area contributed by atoms with Crippen molar-refractivity contribution in [3.63, 3.8) is 0 Å². The Labute approximate surface area is 127 Å². The Morgan fingerprint density at radius 3 is 2.90 bits per heavy atom. The molecule has 2 N–H and O–H groups in total. The molecule has 2 atom stereocenters. The highest BCUT2D eigenvalue weighted by Gasteiger charge is 2.16. The minimum atomic E-state index is -0.866. The van der Waals surface area contributed by atoms with E-state index in [-0.39, 0.29) is 17.1 Å².